The van der Waals surface area contributed by atoms with Crippen LogP contribution in [0.4, 0.5) is 5.69 Å². The number of anilines is 1. The maximum absolute atomic E-state index is 12.5. The van der Waals surface area contributed by atoms with Crippen LogP contribution in [0.1, 0.15) is 36.6 Å². The standard InChI is InChI=1S/C23H23NO3S/c1-14(2)27-18-10-6-15(7-11-18)19-12-21(25)24-22-20(13-28-23(19)22)16-4-8-17(26-3)9-5-16/h4-11,13-14,19H,12H2,1-3H3,(H,24,25)/t19-/m1/s1. The second kappa shape index (κ2) is 7.68. The van der Waals surface area contributed by atoms with Crippen LogP contribution >= 0.6 is 11.3 Å². The van der Waals surface area contributed by atoms with Gasteiger partial charge in [-0.3, -0.25) is 4.79 Å². The lowest BCUT2D eigenvalue weighted by molar-refractivity contribution is -0.116. The highest BCUT2D eigenvalue weighted by Gasteiger charge is 2.30. The van der Waals surface area contributed by atoms with Crippen LogP contribution in [0.15, 0.2) is 53.9 Å². The fourth-order valence-electron chi connectivity index (χ4n) is 3.53. The molecule has 0 spiro atoms. The number of rotatable bonds is 5. The molecule has 1 aliphatic heterocycles. The highest BCUT2D eigenvalue weighted by Crippen LogP contribution is 2.46. The minimum absolute atomic E-state index is 0.0492. The van der Waals surface area contributed by atoms with E-state index in [9.17, 15) is 4.79 Å². The molecule has 1 N–H and O–H groups in total. The highest BCUT2D eigenvalue weighted by molar-refractivity contribution is 7.11. The van der Waals surface area contributed by atoms with Gasteiger partial charge in [0.1, 0.15) is 11.5 Å². The summed E-state index contributed by atoms with van der Waals surface area (Å²) in [5.74, 6) is 1.78. The number of benzene rings is 2. The van der Waals surface area contributed by atoms with Crippen molar-refractivity contribution < 1.29 is 14.3 Å². The van der Waals surface area contributed by atoms with E-state index in [4.69, 9.17) is 9.47 Å². The third-order valence-corrected chi connectivity index (χ3v) is 5.94. The average Bonchev–Trinajstić information content (AvgIpc) is 3.11. The lowest BCUT2D eigenvalue weighted by Crippen LogP contribution is -2.22. The zero-order valence-corrected chi connectivity index (χ0v) is 17.0. The van der Waals surface area contributed by atoms with Gasteiger partial charge in [0.05, 0.1) is 18.9 Å². The first-order chi connectivity index (χ1) is 13.5. The van der Waals surface area contributed by atoms with Crippen molar-refractivity contribution in [3.63, 3.8) is 0 Å². The summed E-state index contributed by atoms with van der Waals surface area (Å²) in [6.45, 7) is 4.02. The third-order valence-electron chi connectivity index (χ3n) is 4.85. The van der Waals surface area contributed by atoms with Crippen LogP contribution in [0, 0.1) is 0 Å². The van der Waals surface area contributed by atoms with Crippen LogP contribution in [0.25, 0.3) is 11.1 Å². The van der Waals surface area contributed by atoms with E-state index in [0.717, 1.165) is 33.9 Å². The second-order valence-corrected chi connectivity index (χ2v) is 8.07. The van der Waals surface area contributed by atoms with Gasteiger partial charge in [-0.1, -0.05) is 24.3 Å². The average molecular weight is 394 g/mol. The number of methoxy groups -OCH3 is 1. The van der Waals surface area contributed by atoms with Gasteiger partial charge >= 0.3 is 0 Å². The maximum Gasteiger partial charge on any atom is 0.225 e. The number of nitrogens with one attached hydrogen (secondary N) is 1. The number of hydrogen-bond acceptors (Lipinski definition) is 4. The van der Waals surface area contributed by atoms with Gasteiger partial charge in [-0.2, -0.15) is 0 Å². The summed E-state index contributed by atoms with van der Waals surface area (Å²) in [5, 5.41) is 5.21. The Labute approximate surface area is 169 Å². The van der Waals surface area contributed by atoms with Crippen LogP contribution in [-0.2, 0) is 4.79 Å². The number of carbonyl (C=O) groups is 1. The Bertz CT molecular complexity index is 974. The van der Waals surface area contributed by atoms with E-state index in [1.165, 1.54) is 4.88 Å². The second-order valence-electron chi connectivity index (χ2n) is 7.16. The molecule has 4 nitrogen and oxygen atoms in total. The maximum atomic E-state index is 12.5. The predicted octanol–water partition coefficient (Wildman–Crippen LogP) is 5.69. The van der Waals surface area contributed by atoms with Crippen molar-refractivity contribution in [2.75, 3.05) is 12.4 Å². The summed E-state index contributed by atoms with van der Waals surface area (Å²) in [7, 11) is 1.66. The summed E-state index contributed by atoms with van der Waals surface area (Å²) in [4.78, 5) is 13.6. The monoisotopic (exact) mass is 393 g/mol. The minimum atomic E-state index is 0.0492. The zero-order valence-electron chi connectivity index (χ0n) is 16.2. The topological polar surface area (TPSA) is 47.6 Å². The summed E-state index contributed by atoms with van der Waals surface area (Å²) >= 11 is 1.70. The largest absolute Gasteiger partial charge is 0.497 e. The molecule has 1 aliphatic rings. The van der Waals surface area contributed by atoms with Crippen molar-refractivity contribution in [3.8, 4) is 22.6 Å². The molecule has 3 aromatic rings. The van der Waals surface area contributed by atoms with Gasteiger partial charge in [0, 0.05) is 28.2 Å². The minimum Gasteiger partial charge on any atom is -0.497 e. The van der Waals surface area contributed by atoms with Gasteiger partial charge in [0.2, 0.25) is 5.91 Å². The van der Waals surface area contributed by atoms with Crippen LogP contribution in [0.5, 0.6) is 11.5 Å². The molecule has 0 radical (unpaired) electrons. The summed E-state index contributed by atoms with van der Waals surface area (Å²) in [5.41, 5.74) is 4.19. The van der Waals surface area contributed by atoms with E-state index in [1.807, 2.05) is 50.2 Å². The number of fused-ring (bicyclic) bond motifs is 1. The van der Waals surface area contributed by atoms with Crippen molar-refractivity contribution >= 4 is 22.9 Å². The van der Waals surface area contributed by atoms with Crippen molar-refractivity contribution in [1.29, 1.82) is 0 Å². The highest BCUT2D eigenvalue weighted by atomic mass is 32.1. The fraction of sp³-hybridized carbons (Fsp3) is 0.261. The van der Waals surface area contributed by atoms with Gasteiger partial charge in [0.25, 0.3) is 0 Å². The van der Waals surface area contributed by atoms with Crippen molar-refractivity contribution in [2.24, 2.45) is 0 Å². The summed E-state index contributed by atoms with van der Waals surface area (Å²) < 4.78 is 11.0. The van der Waals surface area contributed by atoms with Crippen LogP contribution < -0.4 is 14.8 Å². The van der Waals surface area contributed by atoms with Gasteiger partial charge in [-0.25, -0.2) is 0 Å². The van der Waals surface area contributed by atoms with E-state index in [-0.39, 0.29) is 17.9 Å². The number of amides is 1. The van der Waals surface area contributed by atoms with Crippen molar-refractivity contribution in [3.05, 3.63) is 64.4 Å². The molecule has 1 amide bonds. The predicted molar refractivity (Wildman–Crippen MR) is 114 cm³/mol. The molecule has 1 atom stereocenters. The summed E-state index contributed by atoms with van der Waals surface area (Å²) in [6.07, 6.45) is 0.599. The molecule has 0 aliphatic carbocycles. The van der Waals surface area contributed by atoms with Gasteiger partial charge in [-0.05, 0) is 49.2 Å². The van der Waals surface area contributed by atoms with E-state index >= 15 is 0 Å². The molecular weight excluding hydrogens is 370 g/mol. The first-order valence-corrected chi connectivity index (χ1v) is 10.3. The van der Waals surface area contributed by atoms with Crippen LogP contribution in [0.2, 0.25) is 0 Å². The molecule has 2 heterocycles. The van der Waals surface area contributed by atoms with E-state index in [2.05, 4.69) is 22.8 Å². The van der Waals surface area contributed by atoms with Crippen molar-refractivity contribution in [2.45, 2.75) is 32.3 Å². The molecule has 0 unspecified atom stereocenters. The molecule has 144 valence electrons. The SMILES string of the molecule is COc1ccc(-c2csc3c2NC(=O)C[C@@H]3c2ccc(OC(C)C)cc2)cc1. The molecule has 0 saturated heterocycles. The Balaban J connectivity index is 1.68. The number of carbonyl (C=O) groups excluding carboxylic acids is 1. The molecule has 0 bridgehead atoms. The number of thiophene rings is 1. The Morgan fingerprint density at radius 2 is 1.71 bits per heavy atom. The zero-order chi connectivity index (χ0) is 19.7. The Hall–Kier alpha value is -2.79. The Morgan fingerprint density at radius 1 is 1.04 bits per heavy atom. The van der Waals surface area contributed by atoms with E-state index in [0.29, 0.717) is 6.42 Å². The molecule has 0 saturated carbocycles. The van der Waals surface area contributed by atoms with E-state index in [1.54, 1.807) is 18.4 Å². The number of hydrogen-bond donors (Lipinski definition) is 1. The molecule has 2 aromatic carbocycles. The normalized spacial score (nSPS) is 15.9. The molecule has 4 rings (SSSR count). The Morgan fingerprint density at radius 3 is 2.36 bits per heavy atom. The van der Waals surface area contributed by atoms with Crippen LogP contribution in [0.3, 0.4) is 0 Å². The van der Waals surface area contributed by atoms with Crippen LogP contribution in [-0.4, -0.2) is 19.1 Å². The van der Waals surface area contributed by atoms with E-state index < -0.39 is 0 Å². The summed E-state index contributed by atoms with van der Waals surface area (Å²) in [6, 6.07) is 16.0. The first kappa shape index (κ1) is 18.6. The molecule has 1 aromatic heterocycles. The Kier molecular flexibility index (Phi) is 5.09. The molecule has 5 heteroatoms. The van der Waals surface area contributed by atoms with Crippen molar-refractivity contribution in [1.82, 2.24) is 0 Å². The molecular formula is C23H23NO3S. The lowest BCUT2D eigenvalue weighted by Gasteiger charge is -2.24. The fourth-order valence-corrected chi connectivity index (χ4v) is 4.69. The quantitative estimate of drug-likeness (QED) is 0.606. The third kappa shape index (κ3) is 3.62. The lowest BCUT2D eigenvalue weighted by atomic mass is 9.89. The van der Waals surface area contributed by atoms with Gasteiger partial charge < -0.3 is 14.8 Å². The smallest absolute Gasteiger partial charge is 0.225 e. The van der Waals surface area contributed by atoms with Gasteiger partial charge in [0.15, 0.2) is 0 Å². The number of ether oxygens (including phenoxy) is 2. The van der Waals surface area contributed by atoms with Gasteiger partial charge in [-0.15, -0.1) is 11.3 Å². The molecule has 0 fully saturated rings. The molecule has 28 heavy (non-hydrogen) atoms. The first-order valence-electron chi connectivity index (χ1n) is 9.37.